The molecule has 2 aromatic carbocycles. The van der Waals surface area contributed by atoms with Crippen LogP contribution in [0.1, 0.15) is 25.8 Å². The number of halogens is 1. The third-order valence-electron chi connectivity index (χ3n) is 5.35. The van der Waals surface area contributed by atoms with Gasteiger partial charge in [-0.25, -0.2) is 12.8 Å². The van der Waals surface area contributed by atoms with Crippen molar-refractivity contribution in [3.63, 3.8) is 0 Å². The van der Waals surface area contributed by atoms with Crippen LogP contribution in [0.25, 0.3) is 0 Å². The summed E-state index contributed by atoms with van der Waals surface area (Å²) in [5.74, 6) is -0.965. The van der Waals surface area contributed by atoms with Crippen molar-refractivity contribution >= 4 is 27.5 Å². The van der Waals surface area contributed by atoms with Crippen molar-refractivity contribution in [3.05, 3.63) is 53.8 Å². The maximum Gasteiger partial charge on any atom is 0.244 e. The fraction of sp³-hybridized carbons (Fsp3) is 0.417. The van der Waals surface area contributed by atoms with E-state index in [1.807, 2.05) is 6.92 Å². The minimum Gasteiger partial charge on any atom is -0.493 e. The number of ether oxygens (including phenoxy) is 2. The molecule has 2 amide bonds. The maximum absolute atomic E-state index is 14.4. The molecule has 0 aliphatic heterocycles. The lowest BCUT2D eigenvalue weighted by atomic mass is 10.1. The standard InChI is InChI=1S/C24H32FN3O6S/c1-6-13-26-24(30)17(2)27(15-18-9-7-8-10-20(18)25)23(29)16-28(35(5,31)32)19-11-12-21(33-3)22(14-19)34-4/h7-12,14,17H,6,13,15-16H2,1-5H3,(H,26,30). The average Bonchev–Trinajstić information content (AvgIpc) is 2.83. The fourth-order valence-corrected chi connectivity index (χ4v) is 4.22. The zero-order chi connectivity index (χ0) is 26.2. The molecule has 0 radical (unpaired) electrons. The summed E-state index contributed by atoms with van der Waals surface area (Å²) < 4.78 is 51.0. The molecule has 2 rings (SSSR count). The summed E-state index contributed by atoms with van der Waals surface area (Å²) in [5, 5.41) is 2.72. The van der Waals surface area contributed by atoms with E-state index in [0.717, 1.165) is 10.6 Å². The highest BCUT2D eigenvalue weighted by atomic mass is 32.2. The molecule has 11 heteroatoms. The zero-order valence-electron chi connectivity index (χ0n) is 20.6. The van der Waals surface area contributed by atoms with Crippen LogP contribution in [0.2, 0.25) is 0 Å². The molecule has 2 aromatic rings. The first-order valence-corrected chi connectivity index (χ1v) is 12.9. The van der Waals surface area contributed by atoms with Crippen LogP contribution in [0, 0.1) is 5.82 Å². The van der Waals surface area contributed by atoms with Gasteiger partial charge in [0.1, 0.15) is 18.4 Å². The van der Waals surface area contributed by atoms with Crippen molar-refractivity contribution in [2.45, 2.75) is 32.9 Å². The molecule has 1 N–H and O–H groups in total. The Morgan fingerprint density at radius 1 is 1.09 bits per heavy atom. The third kappa shape index (κ3) is 7.32. The van der Waals surface area contributed by atoms with Crippen molar-refractivity contribution in [1.29, 1.82) is 0 Å². The number of rotatable bonds is 12. The molecule has 35 heavy (non-hydrogen) atoms. The average molecular weight is 510 g/mol. The van der Waals surface area contributed by atoms with Gasteiger partial charge in [0.2, 0.25) is 21.8 Å². The predicted octanol–water partition coefficient (Wildman–Crippen LogP) is 2.55. The Hall–Kier alpha value is -3.34. The van der Waals surface area contributed by atoms with Crippen LogP contribution < -0.4 is 19.1 Å². The van der Waals surface area contributed by atoms with E-state index in [2.05, 4.69) is 5.32 Å². The van der Waals surface area contributed by atoms with Crippen molar-refractivity contribution in [3.8, 4) is 11.5 Å². The minimum absolute atomic E-state index is 0.174. The van der Waals surface area contributed by atoms with Gasteiger partial charge < -0.3 is 19.7 Å². The van der Waals surface area contributed by atoms with E-state index in [1.165, 1.54) is 62.4 Å². The van der Waals surface area contributed by atoms with Crippen LogP contribution in [0.3, 0.4) is 0 Å². The Labute approximate surface area is 205 Å². The maximum atomic E-state index is 14.4. The molecule has 0 fully saturated rings. The van der Waals surface area contributed by atoms with Gasteiger partial charge in [0, 0.05) is 24.7 Å². The summed E-state index contributed by atoms with van der Waals surface area (Å²) in [5.41, 5.74) is 0.375. The van der Waals surface area contributed by atoms with Crippen LogP contribution in [0.4, 0.5) is 10.1 Å². The highest BCUT2D eigenvalue weighted by Gasteiger charge is 2.30. The van der Waals surface area contributed by atoms with E-state index in [0.29, 0.717) is 18.7 Å². The van der Waals surface area contributed by atoms with Gasteiger partial charge in [-0.1, -0.05) is 25.1 Å². The number of anilines is 1. The van der Waals surface area contributed by atoms with Crippen LogP contribution in [0.15, 0.2) is 42.5 Å². The molecule has 0 saturated carbocycles. The normalized spacial score (nSPS) is 11.9. The van der Waals surface area contributed by atoms with Gasteiger partial charge >= 0.3 is 0 Å². The smallest absolute Gasteiger partial charge is 0.244 e. The molecule has 0 aliphatic rings. The van der Waals surface area contributed by atoms with Gasteiger partial charge in [0.05, 0.1) is 26.2 Å². The number of methoxy groups -OCH3 is 2. The largest absolute Gasteiger partial charge is 0.493 e. The lowest BCUT2D eigenvalue weighted by Crippen LogP contribution is -2.51. The number of nitrogens with one attached hydrogen (secondary N) is 1. The number of benzene rings is 2. The molecule has 0 heterocycles. The van der Waals surface area contributed by atoms with Gasteiger partial charge in [-0.05, 0) is 31.5 Å². The first-order valence-electron chi connectivity index (χ1n) is 11.0. The summed E-state index contributed by atoms with van der Waals surface area (Å²) in [6, 6.07) is 9.37. The van der Waals surface area contributed by atoms with Crippen LogP contribution in [-0.4, -0.2) is 64.7 Å². The molecule has 0 spiro atoms. The van der Waals surface area contributed by atoms with E-state index in [-0.39, 0.29) is 23.5 Å². The third-order valence-corrected chi connectivity index (χ3v) is 6.49. The lowest BCUT2D eigenvalue weighted by molar-refractivity contribution is -0.139. The summed E-state index contributed by atoms with van der Waals surface area (Å²) >= 11 is 0. The first kappa shape index (κ1) is 27.9. The minimum atomic E-state index is -3.92. The SMILES string of the molecule is CCCNC(=O)C(C)N(Cc1ccccc1F)C(=O)CN(c1ccc(OC)c(OC)c1)S(C)(=O)=O. The molecule has 0 bridgehead atoms. The molecule has 9 nitrogen and oxygen atoms in total. The summed E-state index contributed by atoms with van der Waals surface area (Å²) in [6.07, 6.45) is 1.66. The fourth-order valence-electron chi connectivity index (χ4n) is 3.38. The van der Waals surface area contributed by atoms with Crippen molar-refractivity contribution in [1.82, 2.24) is 10.2 Å². The number of carbonyl (C=O) groups is 2. The second-order valence-electron chi connectivity index (χ2n) is 7.89. The highest BCUT2D eigenvalue weighted by Crippen LogP contribution is 2.32. The Morgan fingerprint density at radius 3 is 2.31 bits per heavy atom. The van der Waals surface area contributed by atoms with Gasteiger partial charge in [-0.3, -0.25) is 13.9 Å². The molecule has 0 aliphatic carbocycles. The zero-order valence-corrected chi connectivity index (χ0v) is 21.4. The van der Waals surface area contributed by atoms with E-state index >= 15 is 0 Å². The van der Waals surface area contributed by atoms with E-state index in [9.17, 15) is 22.4 Å². The van der Waals surface area contributed by atoms with Crippen LogP contribution >= 0.6 is 0 Å². The van der Waals surface area contributed by atoms with Crippen LogP contribution in [-0.2, 0) is 26.2 Å². The van der Waals surface area contributed by atoms with Crippen molar-refractivity contribution in [2.24, 2.45) is 0 Å². The second kappa shape index (κ2) is 12.4. The molecule has 1 unspecified atom stereocenters. The molecule has 0 aromatic heterocycles. The summed E-state index contributed by atoms with van der Waals surface area (Å²) in [7, 11) is -1.06. The number of hydrogen-bond donors (Lipinski definition) is 1. The van der Waals surface area contributed by atoms with Gasteiger partial charge in [0.15, 0.2) is 11.5 Å². The molecule has 0 saturated heterocycles. The van der Waals surface area contributed by atoms with Crippen molar-refractivity contribution < 1.29 is 31.9 Å². The molecule has 192 valence electrons. The Morgan fingerprint density at radius 2 is 1.74 bits per heavy atom. The first-order chi connectivity index (χ1) is 16.5. The van der Waals surface area contributed by atoms with Crippen molar-refractivity contribution in [2.75, 3.05) is 37.9 Å². The second-order valence-corrected chi connectivity index (χ2v) is 9.80. The van der Waals surface area contributed by atoms with E-state index in [4.69, 9.17) is 9.47 Å². The van der Waals surface area contributed by atoms with Gasteiger partial charge in [0.25, 0.3) is 0 Å². The molecular weight excluding hydrogens is 477 g/mol. The number of hydrogen-bond acceptors (Lipinski definition) is 6. The summed E-state index contributed by atoms with van der Waals surface area (Å²) in [6.45, 7) is 3.00. The van der Waals surface area contributed by atoms with E-state index in [1.54, 1.807) is 6.07 Å². The van der Waals surface area contributed by atoms with Gasteiger partial charge in [-0.2, -0.15) is 0 Å². The number of nitrogens with zero attached hydrogens (tertiary/aromatic N) is 2. The van der Waals surface area contributed by atoms with Gasteiger partial charge in [-0.15, -0.1) is 0 Å². The number of sulfonamides is 1. The summed E-state index contributed by atoms with van der Waals surface area (Å²) in [4.78, 5) is 27.3. The number of amides is 2. The monoisotopic (exact) mass is 509 g/mol. The Kier molecular flexibility index (Phi) is 9.88. The molecular formula is C24H32FN3O6S. The Bertz CT molecular complexity index is 1140. The van der Waals surface area contributed by atoms with E-state index < -0.39 is 40.2 Å². The highest BCUT2D eigenvalue weighted by molar-refractivity contribution is 7.92. The Balaban J connectivity index is 2.43. The predicted molar refractivity (Wildman–Crippen MR) is 131 cm³/mol. The van der Waals surface area contributed by atoms with Crippen LogP contribution in [0.5, 0.6) is 11.5 Å². The lowest BCUT2D eigenvalue weighted by Gasteiger charge is -2.31. The number of carbonyl (C=O) groups excluding carboxylic acids is 2. The molecule has 1 atom stereocenters. The topological polar surface area (TPSA) is 105 Å². The quantitative estimate of drug-likeness (QED) is 0.472.